The number of hydrogen-bond acceptors (Lipinski definition) is 6. The van der Waals surface area contributed by atoms with E-state index in [0.717, 1.165) is 23.1 Å². The summed E-state index contributed by atoms with van der Waals surface area (Å²) in [5, 5.41) is 14.1. The number of thiophene rings is 1. The zero-order valence-electron chi connectivity index (χ0n) is 12.2. The van der Waals surface area contributed by atoms with Crippen LogP contribution in [0.15, 0.2) is 6.07 Å². The lowest BCUT2D eigenvalue weighted by molar-refractivity contribution is 0.161. The highest BCUT2D eigenvalue weighted by molar-refractivity contribution is 7.18. The summed E-state index contributed by atoms with van der Waals surface area (Å²) >= 11 is 1.64. The fraction of sp³-hybridized carbons (Fsp3) is 0.571. The zero-order valence-corrected chi connectivity index (χ0v) is 13.0. The van der Waals surface area contributed by atoms with Gasteiger partial charge in [-0.05, 0) is 24.8 Å². The predicted octanol–water partition coefficient (Wildman–Crippen LogP) is 2.65. The van der Waals surface area contributed by atoms with Crippen LogP contribution in [0.2, 0.25) is 0 Å². The number of nitrogens with zero attached hydrogens (tertiary/aromatic N) is 2. The third kappa shape index (κ3) is 3.58. The summed E-state index contributed by atoms with van der Waals surface area (Å²) in [7, 11) is 0. The highest BCUT2D eigenvalue weighted by atomic mass is 32.1. The molecule has 6 heteroatoms. The van der Waals surface area contributed by atoms with Crippen LogP contribution in [0.1, 0.15) is 32.1 Å². The molecule has 0 spiro atoms. The van der Waals surface area contributed by atoms with E-state index in [2.05, 4.69) is 42.1 Å². The molecule has 0 aliphatic heterocycles. The number of nitrogens with two attached hydrogens (primary N) is 1. The number of nitrogen functional groups attached to an aromatic ring is 1. The summed E-state index contributed by atoms with van der Waals surface area (Å²) in [6.07, 6.45) is 1.35. The van der Waals surface area contributed by atoms with Crippen molar-refractivity contribution < 1.29 is 5.11 Å². The fourth-order valence-corrected chi connectivity index (χ4v) is 3.11. The quantitative estimate of drug-likeness (QED) is 0.763. The van der Waals surface area contributed by atoms with E-state index in [1.807, 2.05) is 0 Å². The molecule has 2 aromatic rings. The Morgan fingerprint density at radius 2 is 2.15 bits per heavy atom. The molecule has 0 amide bonds. The van der Waals surface area contributed by atoms with Crippen LogP contribution in [0.25, 0.3) is 10.2 Å². The second-order valence-corrected chi connectivity index (χ2v) is 6.49. The van der Waals surface area contributed by atoms with Crippen molar-refractivity contribution in [3.05, 3.63) is 10.9 Å². The van der Waals surface area contributed by atoms with E-state index in [1.165, 1.54) is 4.88 Å². The average Bonchev–Trinajstić information content (AvgIpc) is 2.77. The molecule has 0 aromatic carbocycles. The number of rotatable bonds is 6. The average molecular weight is 294 g/mol. The Hall–Kier alpha value is -1.40. The minimum absolute atomic E-state index is 0.267. The van der Waals surface area contributed by atoms with Crippen LogP contribution < -0.4 is 11.1 Å². The molecule has 0 bridgehead atoms. The molecule has 1 atom stereocenters. The topological polar surface area (TPSA) is 84.1 Å². The number of anilines is 2. The van der Waals surface area contributed by atoms with Gasteiger partial charge in [0.2, 0.25) is 5.95 Å². The van der Waals surface area contributed by atoms with Gasteiger partial charge in [0.05, 0.1) is 11.5 Å². The fourth-order valence-electron chi connectivity index (χ4n) is 2.14. The van der Waals surface area contributed by atoms with Crippen LogP contribution in [0.3, 0.4) is 0 Å². The van der Waals surface area contributed by atoms with Gasteiger partial charge in [0, 0.05) is 11.4 Å². The van der Waals surface area contributed by atoms with Crippen molar-refractivity contribution >= 4 is 33.3 Å². The van der Waals surface area contributed by atoms with Crippen LogP contribution in [0.5, 0.6) is 0 Å². The number of aryl methyl sites for hydroxylation is 1. The van der Waals surface area contributed by atoms with Gasteiger partial charge in [-0.1, -0.05) is 20.8 Å². The third-order valence-electron chi connectivity index (χ3n) is 3.06. The lowest BCUT2D eigenvalue weighted by Crippen LogP contribution is -2.22. The van der Waals surface area contributed by atoms with Gasteiger partial charge in [-0.15, -0.1) is 11.3 Å². The van der Waals surface area contributed by atoms with Gasteiger partial charge in [0.15, 0.2) is 0 Å². The van der Waals surface area contributed by atoms with Crippen LogP contribution in [0.4, 0.5) is 11.8 Å². The highest BCUT2D eigenvalue weighted by Crippen LogP contribution is 2.29. The van der Waals surface area contributed by atoms with Crippen molar-refractivity contribution in [3.8, 4) is 0 Å². The van der Waals surface area contributed by atoms with Crippen LogP contribution in [-0.4, -0.2) is 27.7 Å². The van der Waals surface area contributed by atoms with E-state index in [0.29, 0.717) is 18.3 Å². The van der Waals surface area contributed by atoms with Crippen LogP contribution in [0, 0.1) is 5.92 Å². The van der Waals surface area contributed by atoms with E-state index < -0.39 is 0 Å². The molecule has 110 valence electrons. The van der Waals surface area contributed by atoms with Crippen molar-refractivity contribution in [2.24, 2.45) is 5.92 Å². The summed E-state index contributed by atoms with van der Waals surface area (Å²) in [5.74, 6) is 1.45. The van der Waals surface area contributed by atoms with Gasteiger partial charge in [0.1, 0.15) is 10.6 Å². The van der Waals surface area contributed by atoms with Gasteiger partial charge in [-0.3, -0.25) is 0 Å². The summed E-state index contributed by atoms with van der Waals surface area (Å²) in [6.45, 7) is 6.77. The van der Waals surface area contributed by atoms with Gasteiger partial charge < -0.3 is 16.2 Å². The first-order chi connectivity index (χ1) is 9.49. The van der Waals surface area contributed by atoms with E-state index in [4.69, 9.17) is 5.73 Å². The second-order valence-electron chi connectivity index (χ2n) is 5.38. The number of nitrogens with one attached hydrogen (secondary N) is 1. The van der Waals surface area contributed by atoms with Crippen LogP contribution in [-0.2, 0) is 6.42 Å². The Labute approximate surface area is 123 Å². The maximum atomic E-state index is 9.94. The lowest BCUT2D eigenvalue weighted by atomic mass is 10.1. The van der Waals surface area contributed by atoms with Crippen molar-refractivity contribution in [3.63, 3.8) is 0 Å². The first-order valence-electron chi connectivity index (χ1n) is 6.97. The number of hydrogen-bond donors (Lipinski definition) is 3. The number of aliphatic hydroxyl groups is 1. The molecule has 1 unspecified atom stereocenters. The SMILES string of the molecule is CCc1cc2c(NCC(O)CC(C)C)nc(N)nc2s1. The Kier molecular flexibility index (Phi) is 4.77. The number of aromatic nitrogens is 2. The normalized spacial score (nSPS) is 13.1. The van der Waals surface area contributed by atoms with Gasteiger partial charge in [-0.2, -0.15) is 4.98 Å². The van der Waals surface area contributed by atoms with E-state index in [1.54, 1.807) is 11.3 Å². The maximum Gasteiger partial charge on any atom is 0.223 e. The van der Waals surface area contributed by atoms with E-state index >= 15 is 0 Å². The lowest BCUT2D eigenvalue weighted by Gasteiger charge is -2.14. The Morgan fingerprint density at radius 3 is 2.80 bits per heavy atom. The highest BCUT2D eigenvalue weighted by Gasteiger charge is 2.12. The molecule has 0 saturated heterocycles. The van der Waals surface area contributed by atoms with Gasteiger partial charge >= 0.3 is 0 Å². The molecule has 0 aliphatic carbocycles. The molecule has 2 heterocycles. The molecule has 2 rings (SSSR count). The molecule has 0 fully saturated rings. The van der Waals surface area contributed by atoms with Crippen LogP contribution >= 0.6 is 11.3 Å². The summed E-state index contributed by atoms with van der Waals surface area (Å²) < 4.78 is 0. The molecule has 0 aliphatic rings. The summed E-state index contributed by atoms with van der Waals surface area (Å²) in [4.78, 5) is 10.7. The summed E-state index contributed by atoms with van der Waals surface area (Å²) in [6, 6.07) is 2.09. The molecule has 20 heavy (non-hydrogen) atoms. The molecular formula is C14H22N4OS. The minimum atomic E-state index is -0.384. The molecule has 2 aromatic heterocycles. The number of fused-ring (bicyclic) bond motifs is 1. The molecule has 5 nitrogen and oxygen atoms in total. The Balaban J connectivity index is 2.18. The monoisotopic (exact) mass is 294 g/mol. The van der Waals surface area contributed by atoms with Crippen molar-refractivity contribution in [1.82, 2.24) is 9.97 Å². The Morgan fingerprint density at radius 1 is 1.40 bits per heavy atom. The smallest absolute Gasteiger partial charge is 0.223 e. The van der Waals surface area contributed by atoms with Crippen molar-refractivity contribution in [1.29, 1.82) is 0 Å². The van der Waals surface area contributed by atoms with Gasteiger partial charge in [0.25, 0.3) is 0 Å². The Bertz CT molecular complexity index is 582. The predicted molar refractivity (Wildman–Crippen MR) is 85.2 cm³/mol. The maximum absolute atomic E-state index is 9.94. The summed E-state index contributed by atoms with van der Waals surface area (Å²) in [5.41, 5.74) is 5.74. The van der Waals surface area contributed by atoms with E-state index in [-0.39, 0.29) is 12.1 Å². The molecule has 4 N–H and O–H groups in total. The molecule has 0 radical (unpaired) electrons. The van der Waals surface area contributed by atoms with E-state index in [9.17, 15) is 5.11 Å². The number of aliphatic hydroxyl groups excluding tert-OH is 1. The van der Waals surface area contributed by atoms with Crippen molar-refractivity contribution in [2.75, 3.05) is 17.6 Å². The standard InChI is InChI=1S/C14H22N4OS/c1-4-10-6-11-12(16-7-9(19)5-8(2)3)17-14(15)18-13(11)20-10/h6,8-9,19H,4-5,7H2,1-3H3,(H3,15,16,17,18). The zero-order chi connectivity index (χ0) is 14.7. The second kappa shape index (κ2) is 6.37. The largest absolute Gasteiger partial charge is 0.391 e. The third-order valence-corrected chi connectivity index (χ3v) is 4.23. The molecule has 0 saturated carbocycles. The van der Waals surface area contributed by atoms with Gasteiger partial charge in [-0.25, -0.2) is 4.98 Å². The minimum Gasteiger partial charge on any atom is -0.391 e. The first kappa shape index (κ1) is 15.0. The first-order valence-corrected chi connectivity index (χ1v) is 7.79. The molecular weight excluding hydrogens is 272 g/mol. The van der Waals surface area contributed by atoms with Crippen molar-refractivity contribution in [2.45, 2.75) is 39.7 Å².